The molecule has 0 aliphatic rings. The van der Waals surface area contributed by atoms with Crippen LogP contribution in [0.25, 0.3) is 0 Å². The molecule has 0 radical (unpaired) electrons. The van der Waals surface area contributed by atoms with Gasteiger partial charge in [0, 0.05) is 16.6 Å². The first-order valence-corrected chi connectivity index (χ1v) is 7.02. The van der Waals surface area contributed by atoms with E-state index in [1.807, 2.05) is 37.0 Å². The van der Waals surface area contributed by atoms with Crippen LogP contribution in [0.1, 0.15) is 29.8 Å². The van der Waals surface area contributed by atoms with Gasteiger partial charge in [-0.2, -0.15) is 0 Å². The van der Waals surface area contributed by atoms with Gasteiger partial charge in [0.05, 0.1) is 18.2 Å². The number of ether oxygens (including phenoxy) is 1. The van der Waals surface area contributed by atoms with E-state index in [4.69, 9.17) is 4.74 Å². The van der Waals surface area contributed by atoms with Gasteiger partial charge in [0.15, 0.2) is 0 Å². The van der Waals surface area contributed by atoms with Crippen molar-refractivity contribution < 1.29 is 4.74 Å². The largest absolute Gasteiger partial charge is 0.493 e. The molecule has 0 bridgehead atoms. The number of hydrogen-bond donors (Lipinski definition) is 1. The van der Waals surface area contributed by atoms with E-state index in [-0.39, 0.29) is 6.04 Å². The Balaban J connectivity index is 2.30. The van der Waals surface area contributed by atoms with Gasteiger partial charge in [-0.05, 0) is 19.5 Å². The summed E-state index contributed by atoms with van der Waals surface area (Å²) in [5.74, 6) is 0.951. The van der Waals surface area contributed by atoms with E-state index in [1.54, 1.807) is 11.3 Å². The molecule has 0 aliphatic heterocycles. The number of aromatic nitrogens is 1. The summed E-state index contributed by atoms with van der Waals surface area (Å²) in [6.07, 6.45) is 2.92. The molecule has 0 saturated carbocycles. The normalized spacial score (nSPS) is 12.3. The fourth-order valence-corrected chi connectivity index (χ4v) is 2.63. The molecule has 4 heteroatoms. The molecule has 3 nitrogen and oxygen atoms in total. The molecule has 0 fully saturated rings. The molecule has 1 heterocycles. The van der Waals surface area contributed by atoms with Crippen LogP contribution in [-0.4, -0.2) is 18.6 Å². The van der Waals surface area contributed by atoms with E-state index in [0.29, 0.717) is 0 Å². The lowest BCUT2D eigenvalue weighted by Gasteiger charge is -2.18. The van der Waals surface area contributed by atoms with E-state index in [1.165, 1.54) is 4.88 Å². The van der Waals surface area contributed by atoms with Crippen LogP contribution in [0, 0.1) is 0 Å². The van der Waals surface area contributed by atoms with Crippen molar-refractivity contribution in [1.82, 2.24) is 10.3 Å². The maximum Gasteiger partial charge on any atom is 0.124 e. The third kappa shape index (κ3) is 2.89. The van der Waals surface area contributed by atoms with Gasteiger partial charge in [-0.25, -0.2) is 0 Å². The highest BCUT2D eigenvalue weighted by Crippen LogP contribution is 2.31. The van der Waals surface area contributed by atoms with Crippen molar-refractivity contribution in [3.63, 3.8) is 0 Å². The van der Waals surface area contributed by atoms with E-state index in [2.05, 4.69) is 23.3 Å². The quantitative estimate of drug-likeness (QED) is 0.867. The Morgan fingerprint density at radius 1 is 1.39 bits per heavy atom. The molecule has 1 atom stereocenters. The monoisotopic (exact) mass is 262 g/mol. The zero-order valence-corrected chi connectivity index (χ0v) is 11.5. The van der Waals surface area contributed by atoms with Crippen LogP contribution < -0.4 is 10.1 Å². The average Bonchev–Trinajstić information content (AvgIpc) is 2.92. The Labute approximate surface area is 112 Å². The topological polar surface area (TPSA) is 34.1 Å². The van der Waals surface area contributed by atoms with Gasteiger partial charge in [-0.3, -0.25) is 4.98 Å². The molecule has 1 aromatic heterocycles. The van der Waals surface area contributed by atoms with Gasteiger partial charge in [0.25, 0.3) is 0 Å². The lowest BCUT2D eigenvalue weighted by Crippen LogP contribution is -2.17. The minimum Gasteiger partial charge on any atom is -0.493 e. The van der Waals surface area contributed by atoms with Crippen molar-refractivity contribution in [2.75, 3.05) is 13.7 Å². The fraction of sp³-hybridized carbons (Fsp3) is 0.357. The minimum absolute atomic E-state index is 0.144. The van der Waals surface area contributed by atoms with Crippen molar-refractivity contribution in [2.45, 2.75) is 19.4 Å². The summed E-state index contributed by atoms with van der Waals surface area (Å²) in [6.45, 7) is 2.86. The van der Waals surface area contributed by atoms with Crippen LogP contribution in [0.4, 0.5) is 0 Å². The first-order chi connectivity index (χ1) is 8.86. The van der Waals surface area contributed by atoms with Gasteiger partial charge < -0.3 is 10.1 Å². The predicted octanol–water partition coefficient (Wildman–Crippen LogP) is 3.24. The van der Waals surface area contributed by atoms with Crippen molar-refractivity contribution in [3.8, 4) is 5.75 Å². The summed E-state index contributed by atoms with van der Waals surface area (Å²) < 4.78 is 5.81. The molecule has 0 aliphatic carbocycles. The van der Waals surface area contributed by atoms with Gasteiger partial charge in [-0.1, -0.05) is 25.1 Å². The van der Waals surface area contributed by atoms with Gasteiger partial charge in [0.1, 0.15) is 5.75 Å². The fourth-order valence-electron chi connectivity index (χ4n) is 1.88. The molecule has 0 amide bonds. The van der Waals surface area contributed by atoms with Gasteiger partial charge in [0.2, 0.25) is 0 Å². The Bertz CT molecular complexity index is 470. The van der Waals surface area contributed by atoms with E-state index >= 15 is 0 Å². The molecule has 1 unspecified atom stereocenters. The van der Waals surface area contributed by atoms with Crippen molar-refractivity contribution in [3.05, 3.63) is 46.4 Å². The van der Waals surface area contributed by atoms with E-state index in [0.717, 1.165) is 24.3 Å². The van der Waals surface area contributed by atoms with E-state index in [9.17, 15) is 0 Å². The van der Waals surface area contributed by atoms with Crippen LogP contribution in [0.3, 0.4) is 0 Å². The van der Waals surface area contributed by atoms with E-state index < -0.39 is 0 Å². The SMILES string of the molecule is CCCOc1ccccc1C(NC)c1cncs1. The highest BCUT2D eigenvalue weighted by atomic mass is 32.1. The zero-order valence-electron chi connectivity index (χ0n) is 10.7. The Morgan fingerprint density at radius 3 is 2.89 bits per heavy atom. The van der Waals surface area contributed by atoms with Gasteiger partial charge in [-0.15, -0.1) is 11.3 Å². The van der Waals surface area contributed by atoms with Crippen LogP contribution in [0.15, 0.2) is 36.0 Å². The summed E-state index contributed by atoms with van der Waals surface area (Å²) in [7, 11) is 1.96. The van der Waals surface area contributed by atoms with Crippen LogP contribution >= 0.6 is 11.3 Å². The number of thiazole rings is 1. The molecule has 18 heavy (non-hydrogen) atoms. The third-order valence-electron chi connectivity index (χ3n) is 2.72. The molecule has 1 N–H and O–H groups in total. The smallest absolute Gasteiger partial charge is 0.124 e. The molecular formula is C14H18N2OS. The van der Waals surface area contributed by atoms with Crippen molar-refractivity contribution in [1.29, 1.82) is 0 Å². The van der Waals surface area contributed by atoms with Crippen LogP contribution in [0.5, 0.6) is 5.75 Å². The lowest BCUT2D eigenvalue weighted by atomic mass is 10.0. The van der Waals surface area contributed by atoms with Crippen molar-refractivity contribution >= 4 is 11.3 Å². The number of para-hydroxylation sites is 1. The molecule has 2 rings (SSSR count). The maximum atomic E-state index is 5.81. The Morgan fingerprint density at radius 2 is 2.22 bits per heavy atom. The summed E-state index contributed by atoms with van der Waals surface area (Å²) in [5, 5.41) is 3.33. The first kappa shape index (κ1) is 13.1. The summed E-state index contributed by atoms with van der Waals surface area (Å²) in [5.41, 5.74) is 3.02. The highest BCUT2D eigenvalue weighted by molar-refractivity contribution is 7.09. The molecule has 1 aromatic carbocycles. The highest BCUT2D eigenvalue weighted by Gasteiger charge is 2.17. The number of nitrogens with zero attached hydrogens (tertiary/aromatic N) is 1. The number of nitrogens with one attached hydrogen (secondary N) is 1. The summed E-state index contributed by atoms with van der Waals surface area (Å²) in [6, 6.07) is 8.32. The standard InChI is InChI=1S/C14H18N2OS/c1-3-8-17-12-7-5-4-6-11(12)14(15-2)13-9-16-10-18-13/h4-7,9-10,14-15H,3,8H2,1-2H3. The van der Waals surface area contributed by atoms with Crippen LogP contribution in [-0.2, 0) is 0 Å². The number of hydrogen-bond acceptors (Lipinski definition) is 4. The van der Waals surface area contributed by atoms with Crippen molar-refractivity contribution in [2.24, 2.45) is 0 Å². The second-order valence-corrected chi connectivity index (χ2v) is 4.93. The molecular weight excluding hydrogens is 244 g/mol. The number of benzene rings is 1. The molecule has 96 valence electrons. The maximum absolute atomic E-state index is 5.81. The average molecular weight is 262 g/mol. The minimum atomic E-state index is 0.144. The molecule has 0 saturated heterocycles. The summed E-state index contributed by atoms with van der Waals surface area (Å²) in [4.78, 5) is 5.35. The molecule has 2 aromatic rings. The Hall–Kier alpha value is -1.39. The second kappa shape index (κ2) is 6.52. The van der Waals surface area contributed by atoms with Gasteiger partial charge >= 0.3 is 0 Å². The summed E-state index contributed by atoms with van der Waals surface area (Å²) >= 11 is 1.65. The lowest BCUT2D eigenvalue weighted by molar-refractivity contribution is 0.312. The second-order valence-electron chi connectivity index (χ2n) is 4.01. The Kier molecular flexibility index (Phi) is 4.73. The van der Waals surface area contributed by atoms with Crippen LogP contribution in [0.2, 0.25) is 0 Å². The zero-order chi connectivity index (χ0) is 12.8. The first-order valence-electron chi connectivity index (χ1n) is 6.14. The number of rotatable bonds is 6. The predicted molar refractivity (Wildman–Crippen MR) is 75.2 cm³/mol. The third-order valence-corrected chi connectivity index (χ3v) is 3.56. The molecule has 0 spiro atoms.